The fourth-order valence-corrected chi connectivity index (χ4v) is 4.56. The zero-order valence-electron chi connectivity index (χ0n) is 14.3. The number of hydrogen-bond acceptors (Lipinski definition) is 4. The summed E-state index contributed by atoms with van der Waals surface area (Å²) in [6.07, 6.45) is 1.64. The summed E-state index contributed by atoms with van der Waals surface area (Å²) in [6.45, 7) is 9.06. The van der Waals surface area contributed by atoms with Crippen LogP contribution in [0.1, 0.15) is 31.6 Å². The summed E-state index contributed by atoms with van der Waals surface area (Å²) < 4.78 is 1.18. The van der Waals surface area contributed by atoms with Crippen LogP contribution in [0.15, 0.2) is 15.9 Å². The fourth-order valence-electron chi connectivity index (χ4n) is 3.03. The Labute approximate surface area is 170 Å². The molecule has 0 atom stereocenters. The highest BCUT2D eigenvalue weighted by Crippen LogP contribution is 2.29. The average Bonchev–Trinajstić information content (AvgIpc) is 2.95. The zero-order chi connectivity index (χ0) is 16.2. The first-order valence-electron chi connectivity index (χ1n) is 8.00. The number of carbonyl (C=O) groups excluding carboxylic acids is 1. The number of halogens is 3. The van der Waals surface area contributed by atoms with Crippen LogP contribution in [0.3, 0.4) is 0 Å². The first kappa shape index (κ1) is 24.1. The largest absolute Gasteiger partial charge is 0.340 e. The van der Waals surface area contributed by atoms with Gasteiger partial charge in [0.05, 0.1) is 9.20 Å². The van der Waals surface area contributed by atoms with Crippen molar-refractivity contribution < 1.29 is 4.79 Å². The van der Waals surface area contributed by atoms with Crippen molar-refractivity contribution in [3.63, 3.8) is 0 Å². The van der Waals surface area contributed by atoms with Gasteiger partial charge in [-0.3, -0.25) is 9.69 Å². The lowest BCUT2D eigenvalue weighted by Gasteiger charge is -2.40. The van der Waals surface area contributed by atoms with E-state index in [0.29, 0.717) is 6.54 Å². The quantitative estimate of drug-likeness (QED) is 0.702. The standard InChI is InChI=1S/C16H26BrN3OS.2ClH/c1-3-16(4-2,12-18)15(21)20-9-7-19(8-10-20)11-13-5-6-14(17)22-13;;/h5-6H,3-4,7-12,18H2,1-2H3;2*1H. The van der Waals surface area contributed by atoms with E-state index < -0.39 is 0 Å². The third kappa shape index (κ3) is 5.58. The second-order valence-electron chi connectivity index (χ2n) is 5.97. The molecule has 24 heavy (non-hydrogen) atoms. The molecule has 0 spiro atoms. The maximum atomic E-state index is 12.8. The van der Waals surface area contributed by atoms with Crippen molar-refractivity contribution in [2.45, 2.75) is 33.2 Å². The molecule has 0 unspecified atom stereocenters. The minimum absolute atomic E-state index is 0. The molecule has 0 aliphatic carbocycles. The second-order valence-corrected chi connectivity index (χ2v) is 8.51. The number of piperazine rings is 1. The van der Waals surface area contributed by atoms with Gasteiger partial charge in [-0.25, -0.2) is 0 Å². The Kier molecular flexibility index (Phi) is 11.1. The molecule has 0 bridgehead atoms. The van der Waals surface area contributed by atoms with Crippen LogP contribution in [0.5, 0.6) is 0 Å². The van der Waals surface area contributed by atoms with Crippen molar-refractivity contribution in [3.8, 4) is 0 Å². The lowest BCUT2D eigenvalue weighted by Crippen LogP contribution is -2.54. The van der Waals surface area contributed by atoms with E-state index in [1.807, 2.05) is 4.90 Å². The molecule has 1 aliphatic heterocycles. The number of amides is 1. The summed E-state index contributed by atoms with van der Waals surface area (Å²) in [4.78, 5) is 18.6. The molecule has 2 N–H and O–H groups in total. The monoisotopic (exact) mass is 459 g/mol. The maximum absolute atomic E-state index is 12.8. The molecule has 1 aromatic rings. The van der Waals surface area contributed by atoms with Crippen molar-refractivity contribution in [2.75, 3.05) is 32.7 Å². The normalized spacial score (nSPS) is 15.6. The van der Waals surface area contributed by atoms with Gasteiger partial charge >= 0.3 is 0 Å². The van der Waals surface area contributed by atoms with Crippen LogP contribution in [-0.4, -0.2) is 48.4 Å². The zero-order valence-corrected chi connectivity index (χ0v) is 18.3. The van der Waals surface area contributed by atoms with Gasteiger partial charge in [0.1, 0.15) is 0 Å². The summed E-state index contributed by atoms with van der Waals surface area (Å²) >= 11 is 5.29. The van der Waals surface area contributed by atoms with Crippen LogP contribution in [-0.2, 0) is 11.3 Å². The number of rotatable bonds is 6. The topological polar surface area (TPSA) is 49.6 Å². The number of nitrogens with zero attached hydrogens (tertiary/aromatic N) is 2. The molecule has 0 radical (unpaired) electrons. The lowest BCUT2D eigenvalue weighted by molar-refractivity contribution is -0.144. The molecule has 1 aromatic heterocycles. The molecule has 2 heterocycles. The van der Waals surface area contributed by atoms with Crippen molar-refractivity contribution in [1.29, 1.82) is 0 Å². The first-order chi connectivity index (χ1) is 10.5. The highest BCUT2D eigenvalue weighted by atomic mass is 79.9. The summed E-state index contributed by atoms with van der Waals surface area (Å²) in [5, 5.41) is 0. The Morgan fingerprint density at radius 1 is 1.21 bits per heavy atom. The van der Waals surface area contributed by atoms with Gasteiger partial charge in [-0.2, -0.15) is 0 Å². The fraction of sp³-hybridized carbons (Fsp3) is 0.688. The minimum atomic E-state index is -0.360. The van der Waals surface area contributed by atoms with Crippen molar-refractivity contribution in [1.82, 2.24) is 9.80 Å². The van der Waals surface area contributed by atoms with E-state index in [-0.39, 0.29) is 36.1 Å². The van der Waals surface area contributed by atoms with Gasteiger partial charge in [0, 0.05) is 44.1 Å². The predicted molar refractivity (Wildman–Crippen MR) is 110 cm³/mol. The lowest BCUT2D eigenvalue weighted by atomic mass is 9.81. The maximum Gasteiger partial charge on any atom is 0.230 e. The molecular weight excluding hydrogens is 433 g/mol. The average molecular weight is 461 g/mol. The molecule has 0 saturated carbocycles. The van der Waals surface area contributed by atoms with E-state index in [2.05, 4.69) is 46.8 Å². The van der Waals surface area contributed by atoms with Gasteiger partial charge in [-0.15, -0.1) is 36.2 Å². The van der Waals surface area contributed by atoms with Crippen molar-refractivity contribution in [2.24, 2.45) is 11.1 Å². The Bertz CT molecular complexity index is 495. The molecule has 1 fully saturated rings. The van der Waals surface area contributed by atoms with Gasteiger partial charge in [0.2, 0.25) is 5.91 Å². The van der Waals surface area contributed by atoms with E-state index in [0.717, 1.165) is 45.6 Å². The number of carbonyl (C=O) groups is 1. The number of thiophene rings is 1. The number of nitrogens with two attached hydrogens (primary N) is 1. The molecule has 1 saturated heterocycles. The Morgan fingerprint density at radius 2 is 1.79 bits per heavy atom. The molecule has 0 aromatic carbocycles. The highest BCUT2D eigenvalue weighted by Gasteiger charge is 2.37. The van der Waals surface area contributed by atoms with Gasteiger partial charge in [-0.05, 0) is 40.9 Å². The molecule has 140 valence electrons. The number of hydrogen-bond donors (Lipinski definition) is 1. The first-order valence-corrected chi connectivity index (χ1v) is 9.61. The third-order valence-electron chi connectivity index (χ3n) is 4.87. The van der Waals surface area contributed by atoms with Crippen LogP contribution in [0, 0.1) is 5.41 Å². The Balaban J connectivity index is 0.00000264. The van der Waals surface area contributed by atoms with Crippen LogP contribution in [0.25, 0.3) is 0 Å². The SMILES string of the molecule is CCC(CC)(CN)C(=O)N1CCN(Cc2ccc(Br)s2)CC1.Cl.Cl. The molecule has 1 aliphatic rings. The van der Waals surface area contributed by atoms with E-state index in [1.165, 1.54) is 8.66 Å². The summed E-state index contributed by atoms with van der Waals surface area (Å²) in [6, 6.07) is 4.26. The summed E-state index contributed by atoms with van der Waals surface area (Å²) in [5.74, 6) is 0.249. The van der Waals surface area contributed by atoms with Crippen molar-refractivity contribution >= 4 is 58.0 Å². The molecule has 4 nitrogen and oxygen atoms in total. The molecule has 2 rings (SSSR count). The van der Waals surface area contributed by atoms with Gasteiger partial charge in [0.15, 0.2) is 0 Å². The minimum Gasteiger partial charge on any atom is -0.340 e. The summed E-state index contributed by atoms with van der Waals surface area (Å²) in [5.41, 5.74) is 5.55. The smallest absolute Gasteiger partial charge is 0.230 e. The van der Waals surface area contributed by atoms with Gasteiger partial charge in [-0.1, -0.05) is 13.8 Å². The molecular formula is C16H28BrCl2N3OS. The van der Waals surface area contributed by atoms with Crippen LogP contribution in [0.4, 0.5) is 0 Å². The predicted octanol–water partition coefficient (Wildman–Crippen LogP) is 3.76. The van der Waals surface area contributed by atoms with E-state index in [1.54, 1.807) is 11.3 Å². The van der Waals surface area contributed by atoms with Gasteiger partial charge in [0.25, 0.3) is 0 Å². The molecule has 8 heteroatoms. The molecule has 1 amide bonds. The third-order valence-corrected chi connectivity index (χ3v) is 6.47. The highest BCUT2D eigenvalue weighted by molar-refractivity contribution is 9.11. The van der Waals surface area contributed by atoms with E-state index in [9.17, 15) is 4.79 Å². The second kappa shape index (κ2) is 11.0. The van der Waals surface area contributed by atoms with Gasteiger partial charge < -0.3 is 10.6 Å². The summed E-state index contributed by atoms with van der Waals surface area (Å²) in [7, 11) is 0. The van der Waals surface area contributed by atoms with Crippen LogP contribution >= 0.6 is 52.1 Å². The van der Waals surface area contributed by atoms with Crippen LogP contribution in [0.2, 0.25) is 0 Å². The Morgan fingerprint density at radius 3 is 2.21 bits per heavy atom. The van der Waals surface area contributed by atoms with Crippen LogP contribution < -0.4 is 5.73 Å². The van der Waals surface area contributed by atoms with Crippen molar-refractivity contribution in [3.05, 3.63) is 20.8 Å². The van der Waals surface area contributed by atoms with E-state index >= 15 is 0 Å². The van der Waals surface area contributed by atoms with E-state index in [4.69, 9.17) is 5.73 Å². The Hall–Kier alpha value is 0.150.